The van der Waals surface area contributed by atoms with E-state index in [0.717, 1.165) is 16.0 Å². The number of nitrogens with one attached hydrogen (secondary N) is 1. The number of ether oxygens (including phenoxy) is 2. The zero-order chi connectivity index (χ0) is 14.1. The van der Waals surface area contributed by atoms with E-state index in [1.54, 1.807) is 7.11 Å². The number of rotatable bonds is 3. The van der Waals surface area contributed by atoms with Crippen LogP contribution in [0.3, 0.4) is 0 Å². The van der Waals surface area contributed by atoms with Gasteiger partial charge in [0.2, 0.25) is 5.91 Å². The first-order chi connectivity index (χ1) is 9.67. The first-order valence-electron chi connectivity index (χ1n) is 6.26. The van der Waals surface area contributed by atoms with Crippen molar-refractivity contribution in [1.29, 1.82) is 0 Å². The SMILES string of the molecule is COc1ccc2nc(NC(=O)C3COCC3N)sc2c1. The molecule has 0 spiro atoms. The molecule has 3 N–H and O–H groups in total. The Morgan fingerprint density at radius 2 is 2.40 bits per heavy atom. The summed E-state index contributed by atoms with van der Waals surface area (Å²) in [5.41, 5.74) is 6.66. The molecule has 1 aromatic heterocycles. The van der Waals surface area contributed by atoms with Crippen molar-refractivity contribution >= 4 is 32.6 Å². The summed E-state index contributed by atoms with van der Waals surface area (Å²) in [6.07, 6.45) is 0. The van der Waals surface area contributed by atoms with Crippen molar-refractivity contribution in [1.82, 2.24) is 4.98 Å². The van der Waals surface area contributed by atoms with Gasteiger partial charge in [-0.2, -0.15) is 0 Å². The number of fused-ring (bicyclic) bond motifs is 1. The molecular formula is C13H15N3O3S. The Balaban J connectivity index is 1.78. The zero-order valence-corrected chi connectivity index (χ0v) is 11.8. The molecule has 1 aliphatic rings. The summed E-state index contributed by atoms with van der Waals surface area (Å²) >= 11 is 1.41. The largest absolute Gasteiger partial charge is 0.497 e. The molecular weight excluding hydrogens is 278 g/mol. The number of nitrogens with two attached hydrogens (primary N) is 1. The van der Waals surface area contributed by atoms with Crippen LogP contribution in [0.2, 0.25) is 0 Å². The number of carbonyl (C=O) groups is 1. The van der Waals surface area contributed by atoms with Crippen molar-refractivity contribution in [3.63, 3.8) is 0 Å². The van der Waals surface area contributed by atoms with E-state index in [-0.39, 0.29) is 17.9 Å². The molecule has 6 nitrogen and oxygen atoms in total. The Hall–Kier alpha value is -1.70. The molecule has 0 saturated carbocycles. The van der Waals surface area contributed by atoms with Gasteiger partial charge in [0, 0.05) is 6.04 Å². The first kappa shape index (κ1) is 13.3. The second-order valence-corrected chi connectivity index (χ2v) is 5.68. The minimum atomic E-state index is -0.309. The van der Waals surface area contributed by atoms with Crippen LogP contribution in [0.1, 0.15) is 0 Å². The lowest BCUT2D eigenvalue weighted by Gasteiger charge is -2.11. The highest BCUT2D eigenvalue weighted by Gasteiger charge is 2.31. The highest BCUT2D eigenvalue weighted by atomic mass is 32.1. The molecule has 2 atom stereocenters. The smallest absolute Gasteiger partial charge is 0.233 e. The third-order valence-corrected chi connectivity index (χ3v) is 4.22. The van der Waals surface area contributed by atoms with E-state index in [0.29, 0.717) is 18.3 Å². The quantitative estimate of drug-likeness (QED) is 0.888. The lowest BCUT2D eigenvalue weighted by atomic mass is 10.0. The van der Waals surface area contributed by atoms with Crippen LogP contribution in [0.4, 0.5) is 5.13 Å². The van der Waals surface area contributed by atoms with Crippen LogP contribution in [-0.2, 0) is 9.53 Å². The van der Waals surface area contributed by atoms with Gasteiger partial charge >= 0.3 is 0 Å². The highest BCUT2D eigenvalue weighted by Crippen LogP contribution is 2.29. The summed E-state index contributed by atoms with van der Waals surface area (Å²) in [6.45, 7) is 0.793. The number of thiazole rings is 1. The monoisotopic (exact) mass is 293 g/mol. The average molecular weight is 293 g/mol. The number of hydrogen-bond donors (Lipinski definition) is 2. The Labute approximate surface area is 119 Å². The third-order valence-electron chi connectivity index (χ3n) is 3.29. The molecule has 1 saturated heterocycles. The van der Waals surface area contributed by atoms with E-state index >= 15 is 0 Å². The van der Waals surface area contributed by atoms with Gasteiger partial charge in [-0.1, -0.05) is 11.3 Å². The number of methoxy groups -OCH3 is 1. The predicted molar refractivity (Wildman–Crippen MR) is 77.1 cm³/mol. The maximum Gasteiger partial charge on any atom is 0.233 e. The van der Waals surface area contributed by atoms with Gasteiger partial charge in [-0.3, -0.25) is 4.79 Å². The number of benzene rings is 1. The molecule has 0 radical (unpaired) electrons. The molecule has 3 rings (SSSR count). The Morgan fingerprint density at radius 3 is 3.10 bits per heavy atom. The standard InChI is InChI=1S/C13H15N3O3S/c1-18-7-2-3-10-11(4-7)20-13(15-10)16-12(17)8-5-19-6-9(8)14/h2-4,8-9H,5-6,14H2,1H3,(H,15,16,17). The van der Waals surface area contributed by atoms with Crippen molar-refractivity contribution < 1.29 is 14.3 Å². The molecule has 0 aliphatic carbocycles. The van der Waals surface area contributed by atoms with Crippen LogP contribution in [-0.4, -0.2) is 37.3 Å². The summed E-state index contributed by atoms with van der Waals surface area (Å²) in [4.78, 5) is 16.5. The van der Waals surface area contributed by atoms with Crippen molar-refractivity contribution in [2.45, 2.75) is 6.04 Å². The van der Waals surface area contributed by atoms with E-state index in [9.17, 15) is 4.79 Å². The van der Waals surface area contributed by atoms with Gasteiger partial charge in [-0.05, 0) is 18.2 Å². The average Bonchev–Trinajstić information content (AvgIpc) is 3.03. The number of hydrogen-bond acceptors (Lipinski definition) is 6. The normalized spacial score (nSPS) is 22.1. The third kappa shape index (κ3) is 2.47. The summed E-state index contributed by atoms with van der Waals surface area (Å²) in [6, 6.07) is 5.36. The van der Waals surface area contributed by atoms with Crippen molar-refractivity contribution in [3.8, 4) is 5.75 Å². The van der Waals surface area contributed by atoms with Gasteiger partial charge in [-0.25, -0.2) is 4.98 Å². The number of aromatic nitrogens is 1. The summed E-state index contributed by atoms with van der Waals surface area (Å²) in [5.74, 6) is 0.322. The molecule has 2 aromatic rings. The van der Waals surface area contributed by atoms with Gasteiger partial charge < -0.3 is 20.5 Å². The fourth-order valence-electron chi connectivity index (χ4n) is 2.12. The fraction of sp³-hybridized carbons (Fsp3) is 0.385. The van der Waals surface area contributed by atoms with Crippen LogP contribution in [0, 0.1) is 5.92 Å². The van der Waals surface area contributed by atoms with E-state index in [1.165, 1.54) is 11.3 Å². The fourth-order valence-corrected chi connectivity index (χ4v) is 3.02. The van der Waals surface area contributed by atoms with E-state index < -0.39 is 0 Å². The Morgan fingerprint density at radius 1 is 1.55 bits per heavy atom. The minimum Gasteiger partial charge on any atom is -0.497 e. The Kier molecular flexibility index (Phi) is 3.56. The minimum absolute atomic E-state index is 0.138. The first-order valence-corrected chi connectivity index (χ1v) is 7.08. The lowest BCUT2D eigenvalue weighted by Crippen LogP contribution is -2.37. The van der Waals surface area contributed by atoms with Gasteiger partial charge in [0.05, 0.1) is 36.5 Å². The summed E-state index contributed by atoms with van der Waals surface area (Å²) in [5, 5.41) is 3.38. The number of nitrogens with zero attached hydrogens (tertiary/aromatic N) is 1. The number of anilines is 1. The van der Waals surface area contributed by atoms with Gasteiger partial charge in [0.25, 0.3) is 0 Å². The maximum atomic E-state index is 12.1. The number of amides is 1. The molecule has 2 unspecified atom stereocenters. The van der Waals surface area contributed by atoms with E-state index in [2.05, 4.69) is 10.3 Å². The predicted octanol–water partition coefficient (Wildman–Crippen LogP) is 1.22. The van der Waals surface area contributed by atoms with Crippen LogP contribution >= 0.6 is 11.3 Å². The second kappa shape index (κ2) is 5.35. The van der Waals surface area contributed by atoms with Crippen LogP contribution in [0.25, 0.3) is 10.2 Å². The molecule has 2 heterocycles. The van der Waals surface area contributed by atoms with Crippen molar-refractivity contribution in [3.05, 3.63) is 18.2 Å². The molecule has 0 bridgehead atoms. The molecule has 20 heavy (non-hydrogen) atoms. The molecule has 1 fully saturated rings. The van der Waals surface area contributed by atoms with Crippen molar-refractivity contribution in [2.24, 2.45) is 11.7 Å². The number of carbonyl (C=O) groups excluding carboxylic acids is 1. The highest BCUT2D eigenvalue weighted by molar-refractivity contribution is 7.22. The van der Waals surface area contributed by atoms with Gasteiger partial charge in [0.15, 0.2) is 5.13 Å². The molecule has 1 amide bonds. The second-order valence-electron chi connectivity index (χ2n) is 4.65. The summed E-state index contributed by atoms with van der Waals surface area (Å²) in [7, 11) is 1.62. The maximum absolute atomic E-state index is 12.1. The van der Waals surface area contributed by atoms with Gasteiger partial charge in [-0.15, -0.1) is 0 Å². The zero-order valence-electron chi connectivity index (χ0n) is 11.0. The van der Waals surface area contributed by atoms with Crippen LogP contribution in [0.5, 0.6) is 5.75 Å². The van der Waals surface area contributed by atoms with Crippen molar-refractivity contribution in [2.75, 3.05) is 25.6 Å². The lowest BCUT2D eigenvalue weighted by molar-refractivity contribution is -0.120. The van der Waals surface area contributed by atoms with E-state index in [1.807, 2.05) is 18.2 Å². The van der Waals surface area contributed by atoms with Crippen LogP contribution < -0.4 is 15.8 Å². The van der Waals surface area contributed by atoms with Gasteiger partial charge in [0.1, 0.15) is 5.75 Å². The molecule has 7 heteroatoms. The van der Waals surface area contributed by atoms with E-state index in [4.69, 9.17) is 15.2 Å². The topological polar surface area (TPSA) is 86.5 Å². The Bertz CT molecular complexity index is 643. The summed E-state index contributed by atoms with van der Waals surface area (Å²) < 4.78 is 11.3. The molecule has 1 aromatic carbocycles. The molecule has 106 valence electrons. The molecule has 1 aliphatic heterocycles. The van der Waals surface area contributed by atoms with Crippen LogP contribution in [0.15, 0.2) is 18.2 Å².